The normalized spacial score (nSPS) is 13.2. The maximum absolute atomic E-state index is 13.3. The van der Waals surface area contributed by atoms with Gasteiger partial charge in [0.25, 0.3) is 0 Å². The third-order valence-electron chi connectivity index (χ3n) is 3.45. The Bertz CT molecular complexity index is 786. The molecular formula is C18H18F6O5. The van der Waals surface area contributed by atoms with Gasteiger partial charge in [-0.1, -0.05) is 36.4 Å². The highest BCUT2D eigenvalue weighted by Gasteiger charge is 2.52. The molecule has 0 aromatic heterocycles. The lowest BCUT2D eigenvalue weighted by Gasteiger charge is -2.25. The van der Waals surface area contributed by atoms with Crippen LogP contribution in [0.5, 0.6) is 0 Å². The van der Waals surface area contributed by atoms with Crippen LogP contribution in [0.1, 0.15) is 5.56 Å². The summed E-state index contributed by atoms with van der Waals surface area (Å²) in [5.41, 5.74) is 0.832. The van der Waals surface area contributed by atoms with E-state index < -0.39 is 31.7 Å². The molecule has 5 nitrogen and oxygen atoms in total. The van der Waals surface area contributed by atoms with Crippen LogP contribution in [0.3, 0.4) is 0 Å². The van der Waals surface area contributed by atoms with Gasteiger partial charge in [0.1, 0.15) is 13.2 Å². The molecule has 162 valence electrons. The fraction of sp³-hybridized carbons (Fsp3) is 0.444. The molecule has 1 N–H and O–H groups in total. The summed E-state index contributed by atoms with van der Waals surface area (Å²) >= 11 is 0. The van der Waals surface area contributed by atoms with Crippen LogP contribution in [0.15, 0.2) is 42.5 Å². The summed E-state index contributed by atoms with van der Waals surface area (Å²) in [6.45, 7) is -4.12. The van der Waals surface area contributed by atoms with Gasteiger partial charge < -0.3 is 14.6 Å². The summed E-state index contributed by atoms with van der Waals surface area (Å²) in [7, 11) is 0. The molecule has 0 heterocycles. The molecule has 0 saturated heterocycles. The van der Waals surface area contributed by atoms with E-state index in [-0.39, 0.29) is 19.8 Å². The van der Waals surface area contributed by atoms with Crippen molar-refractivity contribution in [1.29, 1.82) is 0 Å². The Labute approximate surface area is 161 Å². The van der Waals surface area contributed by atoms with Gasteiger partial charge in [-0.15, -0.1) is 8.78 Å². The van der Waals surface area contributed by atoms with Crippen molar-refractivity contribution >= 4 is 10.8 Å². The topological polar surface area (TPSA) is 57.2 Å². The number of hydrogen-bond acceptors (Lipinski definition) is 5. The molecule has 0 amide bonds. The maximum Gasteiger partial charge on any atom is 0.495 e. The summed E-state index contributed by atoms with van der Waals surface area (Å²) in [5, 5.41) is 10.2. The van der Waals surface area contributed by atoms with E-state index in [1.165, 1.54) is 0 Å². The number of aliphatic hydroxyl groups is 1. The molecule has 0 bridgehead atoms. The molecule has 0 radical (unpaired) electrons. The molecule has 29 heavy (non-hydrogen) atoms. The van der Waals surface area contributed by atoms with Crippen molar-refractivity contribution in [2.75, 3.05) is 26.4 Å². The summed E-state index contributed by atoms with van der Waals surface area (Å²) < 4.78 is 92.8. The zero-order valence-electron chi connectivity index (χ0n) is 14.9. The fourth-order valence-corrected chi connectivity index (χ4v) is 2.26. The molecule has 0 saturated carbocycles. The molecular weight excluding hydrogens is 410 g/mol. The van der Waals surface area contributed by atoms with Crippen LogP contribution in [0, 0.1) is 0 Å². The fourth-order valence-electron chi connectivity index (χ4n) is 2.26. The molecule has 0 aliphatic heterocycles. The van der Waals surface area contributed by atoms with E-state index in [1.54, 1.807) is 0 Å². The Hall–Kier alpha value is -1.92. The maximum atomic E-state index is 13.3. The highest BCUT2D eigenvalue weighted by atomic mass is 19.3. The molecule has 0 atom stereocenters. The van der Waals surface area contributed by atoms with Crippen molar-refractivity contribution in [3.8, 4) is 0 Å². The quantitative estimate of drug-likeness (QED) is 0.313. The highest BCUT2D eigenvalue weighted by molar-refractivity contribution is 5.82. The molecule has 2 aromatic rings. The van der Waals surface area contributed by atoms with Gasteiger partial charge in [0, 0.05) is 0 Å². The van der Waals surface area contributed by atoms with Crippen molar-refractivity contribution in [3.05, 3.63) is 48.0 Å². The number of benzene rings is 2. The number of hydrogen-bond donors (Lipinski definition) is 1. The summed E-state index contributed by atoms with van der Waals surface area (Å²) in [6.07, 6.45) is -14.7. The number of fused-ring (bicyclic) bond motifs is 1. The molecule has 0 fully saturated rings. The molecule has 2 rings (SSSR count). The Morgan fingerprint density at radius 2 is 1.38 bits per heavy atom. The predicted octanol–water partition coefficient (Wildman–Crippen LogP) is 4.13. The molecule has 11 heteroatoms. The van der Waals surface area contributed by atoms with Gasteiger partial charge >= 0.3 is 18.5 Å². The lowest BCUT2D eigenvalue weighted by Crippen LogP contribution is -2.43. The van der Waals surface area contributed by atoms with Crippen molar-refractivity contribution < 1.29 is 50.4 Å². The minimum Gasteiger partial charge on any atom is -0.387 e. The van der Waals surface area contributed by atoms with Gasteiger partial charge in [-0.25, -0.2) is 9.47 Å². The minimum absolute atomic E-state index is 0.127. The third-order valence-corrected chi connectivity index (χ3v) is 3.45. The number of aliphatic hydroxyl groups excluding tert-OH is 1. The van der Waals surface area contributed by atoms with Crippen LogP contribution in [0.2, 0.25) is 0 Å². The van der Waals surface area contributed by atoms with Crippen LogP contribution in [-0.4, -0.2) is 50.0 Å². The van der Waals surface area contributed by atoms with Crippen molar-refractivity contribution in [2.24, 2.45) is 0 Å². The second kappa shape index (κ2) is 9.72. The van der Waals surface area contributed by atoms with Crippen LogP contribution < -0.4 is 0 Å². The molecule has 0 spiro atoms. The first-order valence-corrected chi connectivity index (χ1v) is 8.30. The number of alkyl halides is 6. The van der Waals surface area contributed by atoms with E-state index in [1.807, 2.05) is 42.5 Å². The Morgan fingerprint density at radius 3 is 2.07 bits per heavy atom. The monoisotopic (exact) mass is 428 g/mol. The number of halogens is 6. The first-order valence-electron chi connectivity index (χ1n) is 8.30. The van der Waals surface area contributed by atoms with Gasteiger partial charge in [-0.2, -0.15) is 17.6 Å². The third kappa shape index (κ3) is 8.15. The lowest BCUT2D eigenvalue weighted by molar-refractivity contribution is -0.517. The van der Waals surface area contributed by atoms with E-state index in [0.717, 1.165) is 16.3 Å². The SMILES string of the molecule is OCC(F)(F)OC(F)(F)OC(F)(F)COCCOCc1ccc2ccccc2c1. The summed E-state index contributed by atoms with van der Waals surface area (Å²) in [4.78, 5) is 0. The zero-order valence-corrected chi connectivity index (χ0v) is 14.9. The largest absolute Gasteiger partial charge is 0.495 e. The average molecular weight is 428 g/mol. The minimum atomic E-state index is -5.34. The molecule has 0 aliphatic carbocycles. The van der Waals surface area contributed by atoms with Gasteiger partial charge in [0.05, 0.1) is 19.8 Å². The van der Waals surface area contributed by atoms with Crippen LogP contribution in [-0.2, 0) is 25.6 Å². The molecule has 0 aliphatic rings. The van der Waals surface area contributed by atoms with Crippen LogP contribution >= 0.6 is 0 Å². The van der Waals surface area contributed by atoms with E-state index in [4.69, 9.17) is 9.84 Å². The highest BCUT2D eigenvalue weighted by Crippen LogP contribution is 2.33. The Morgan fingerprint density at radius 1 is 0.759 bits per heavy atom. The zero-order chi connectivity index (χ0) is 21.5. The molecule has 0 unspecified atom stereocenters. The van der Waals surface area contributed by atoms with Gasteiger partial charge in [0.15, 0.2) is 0 Å². The summed E-state index contributed by atoms with van der Waals surface area (Å²) in [5.74, 6) is 0. The van der Waals surface area contributed by atoms with Gasteiger partial charge in [0.2, 0.25) is 0 Å². The molecule has 2 aromatic carbocycles. The predicted molar refractivity (Wildman–Crippen MR) is 88.5 cm³/mol. The van der Waals surface area contributed by atoms with Gasteiger partial charge in [-0.05, 0) is 22.4 Å². The van der Waals surface area contributed by atoms with Crippen molar-refractivity contribution in [1.82, 2.24) is 0 Å². The van der Waals surface area contributed by atoms with Crippen LogP contribution in [0.4, 0.5) is 26.3 Å². The van der Waals surface area contributed by atoms with E-state index in [0.29, 0.717) is 0 Å². The number of ether oxygens (including phenoxy) is 4. The average Bonchev–Trinajstić information content (AvgIpc) is 2.62. The second-order valence-corrected chi connectivity index (χ2v) is 5.89. The second-order valence-electron chi connectivity index (χ2n) is 5.89. The number of rotatable bonds is 12. The van der Waals surface area contributed by atoms with Crippen molar-refractivity contribution in [2.45, 2.75) is 25.1 Å². The smallest absolute Gasteiger partial charge is 0.387 e. The van der Waals surface area contributed by atoms with E-state index >= 15 is 0 Å². The standard InChI is InChI=1S/C18H18F6O5/c19-16(20,11-25)28-18(23,24)29-17(21,22)12-27-8-7-26-10-13-5-6-14-3-1-2-4-15(14)9-13/h1-6,9,25H,7-8,10-12H2. The Balaban J connectivity index is 1.69. The van der Waals surface area contributed by atoms with Crippen molar-refractivity contribution in [3.63, 3.8) is 0 Å². The first kappa shape index (κ1) is 23.4. The summed E-state index contributed by atoms with van der Waals surface area (Å²) in [6, 6.07) is 13.2. The first-order chi connectivity index (χ1) is 13.5. The lowest BCUT2D eigenvalue weighted by atomic mass is 10.1. The van der Waals surface area contributed by atoms with Crippen LogP contribution in [0.25, 0.3) is 10.8 Å². The van der Waals surface area contributed by atoms with E-state index in [2.05, 4.69) is 14.2 Å². The van der Waals surface area contributed by atoms with E-state index in [9.17, 15) is 26.3 Å². The van der Waals surface area contributed by atoms with Gasteiger partial charge in [-0.3, -0.25) is 0 Å². The Kier molecular flexibility index (Phi) is 7.83.